The average Bonchev–Trinajstić information content (AvgIpc) is 2.87. The van der Waals surface area contributed by atoms with Crippen molar-refractivity contribution >= 4 is 17.5 Å². The van der Waals surface area contributed by atoms with Gasteiger partial charge in [0.05, 0.1) is 13.2 Å². The first-order valence-corrected chi connectivity index (χ1v) is 6.07. The number of hydrogen-bond donors (Lipinski definition) is 0. The van der Waals surface area contributed by atoms with E-state index in [-0.39, 0.29) is 13.3 Å². The molecule has 9 heteroatoms. The third-order valence-corrected chi connectivity index (χ3v) is 2.99. The van der Waals surface area contributed by atoms with Crippen molar-refractivity contribution in [3.63, 3.8) is 0 Å². The van der Waals surface area contributed by atoms with E-state index in [9.17, 15) is 10.1 Å². The van der Waals surface area contributed by atoms with Crippen LogP contribution in [0.3, 0.4) is 0 Å². The zero-order chi connectivity index (χ0) is 14.1. The summed E-state index contributed by atoms with van der Waals surface area (Å²) < 4.78 is 12.0. The normalized spacial score (nSPS) is 13.7. The van der Waals surface area contributed by atoms with E-state index in [1.165, 1.54) is 11.0 Å². The number of aromatic nitrogens is 3. The van der Waals surface area contributed by atoms with Crippen LogP contribution in [0.15, 0.2) is 18.5 Å². The second-order valence-electron chi connectivity index (χ2n) is 4.16. The van der Waals surface area contributed by atoms with Gasteiger partial charge in [0.2, 0.25) is 6.33 Å². The van der Waals surface area contributed by atoms with Crippen molar-refractivity contribution < 1.29 is 14.4 Å². The molecular formula is C11H9ClN4O4. The van der Waals surface area contributed by atoms with Crippen LogP contribution in [0.1, 0.15) is 11.1 Å². The third kappa shape index (κ3) is 2.43. The fraction of sp³-hybridized carbons (Fsp3) is 0.273. The molecule has 8 nitrogen and oxygen atoms in total. The van der Waals surface area contributed by atoms with Crippen molar-refractivity contribution in [1.29, 1.82) is 0 Å². The van der Waals surface area contributed by atoms with Crippen LogP contribution in [0, 0.1) is 10.1 Å². The van der Waals surface area contributed by atoms with Crippen LogP contribution in [0.5, 0.6) is 5.75 Å². The molecule has 3 rings (SSSR count). The van der Waals surface area contributed by atoms with Crippen molar-refractivity contribution in [2.45, 2.75) is 13.2 Å². The van der Waals surface area contributed by atoms with Gasteiger partial charge in [0.1, 0.15) is 5.75 Å². The highest BCUT2D eigenvalue weighted by Crippen LogP contribution is 2.32. The summed E-state index contributed by atoms with van der Waals surface area (Å²) in [6, 6.07) is 3.50. The number of hydrogen-bond acceptors (Lipinski definition) is 6. The number of rotatable bonds is 3. The van der Waals surface area contributed by atoms with Crippen LogP contribution < -0.4 is 4.74 Å². The number of halogens is 1. The van der Waals surface area contributed by atoms with E-state index in [4.69, 9.17) is 21.1 Å². The summed E-state index contributed by atoms with van der Waals surface area (Å²) in [6.07, 6.45) is 1.30. The molecule has 0 fully saturated rings. The van der Waals surface area contributed by atoms with Gasteiger partial charge in [-0.1, -0.05) is 16.6 Å². The van der Waals surface area contributed by atoms with Crippen molar-refractivity contribution in [2.24, 2.45) is 0 Å². The van der Waals surface area contributed by atoms with Gasteiger partial charge in [-0.05, 0) is 17.1 Å². The molecule has 0 radical (unpaired) electrons. The first kappa shape index (κ1) is 12.8. The molecule has 0 saturated heterocycles. The van der Waals surface area contributed by atoms with Gasteiger partial charge >= 0.3 is 5.95 Å². The molecule has 1 aliphatic rings. The van der Waals surface area contributed by atoms with E-state index in [0.29, 0.717) is 17.4 Å². The molecule has 0 atom stereocenters. The van der Waals surface area contributed by atoms with E-state index < -0.39 is 10.9 Å². The molecule has 0 bridgehead atoms. The summed E-state index contributed by atoms with van der Waals surface area (Å²) in [6.45, 7) is 0.864. The Morgan fingerprint density at radius 3 is 3.10 bits per heavy atom. The van der Waals surface area contributed by atoms with E-state index in [1.54, 1.807) is 12.1 Å². The highest BCUT2D eigenvalue weighted by atomic mass is 35.5. The van der Waals surface area contributed by atoms with Crippen molar-refractivity contribution in [2.75, 3.05) is 6.79 Å². The molecule has 0 aliphatic carbocycles. The molecule has 2 heterocycles. The van der Waals surface area contributed by atoms with E-state index in [0.717, 1.165) is 11.1 Å². The van der Waals surface area contributed by atoms with Crippen molar-refractivity contribution in [1.82, 2.24) is 14.8 Å². The largest absolute Gasteiger partial charge is 0.490 e. The molecule has 104 valence electrons. The lowest BCUT2D eigenvalue weighted by atomic mass is 10.1. The summed E-state index contributed by atoms with van der Waals surface area (Å²) >= 11 is 6.04. The van der Waals surface area contributed by atoms with Gasteiger partial charge < -0.3 is 19.6 Å². The predicted octanol–water partition coefficient (Wildman–Crippen LogP) is 1.75. The molecule has 1 aromatic carbocycles. The van der Waals surface area contributed by atoms with E-state index in [2.05, 4.69) is 10.1 Å². The Bertz CT molecular complexity index is 672. The minimum Gasteiger partial charge on any atom is -0.467 e. The Hall–Kier alpha value is -2.19. The zero-order valence-corrected chi connectivity index (χ0v) is 10.9. The molecule has 0 saturated carbocycles. The van der Waals surface area contributed by atoms with Crippen molar-refractivity contribution in [3.05, 3.63) is 44.7 Å². The fourth-order valence-electron chi connectivity index (χ4n) is 1.99. The SMILES string of the molecule is O=[N+]([O-])c1ncn(Cc2cc(Cl)cc3c2OCOC3)n1. The average molecular weight is 297 g/mol. The Kier molecular flexibility index (Phi) is 3.25. The van der Waals surface area contributed by atoms with Gasteiger partial charge in [-0.25, -0.2) is 0 Å². The summed E-state index contributed by atoms with van der Waals surface area (Å²) in [5, 5.41) is 14.9. The Morgan fingerprint density at radius 2 is 2.35 bits per heavy atom. The zero-order valence-electron chi connectivity index (χ0n) is 10.2. The lowest BCUT2D eigenvalue weighted by molar-refractivity contribution is -0.394. The molecule has 2 aromatic rings. The predicted molar refractivity (Wildman–Crippen MR) is 67.5 cm³/mol. The molecule has 0 amide bonds. The summed E-state index contributed by atoms with van der Waals surface area (Å²) in [5.74, 6) is 0.240. The fourth-order valence-corrected chi connectivity index (χ4v) is 2.26. The van der Waals surface area contributed by atoms with Crippen LogP contribution in [-0.4, -0.2) is 26.5 Å². The van der Waals surface area contributed by atoms with Gasteiger partial charge in [-0.2, -0.15) is 4.68 Å². The second kappa shape index (κ2) is 5.06. The minimum absolute atomic E-state index is 0.166. The van der Waals surface area contributed by atoms with Crippen LogP contribution in [0.2, 0.25) is 5.02 Å². The molecule has 20 heavy (non-hydrogen) atoms. The maximum Gasteiger partial charge on any atom is 0.490 e. The highest BCUT2D eigenvalue weighted by Gasteiger charge is 2.19. The lowest BCUT2D eigenvalue weighted by Crippen LogP contribution is -2.14. The van der Waals surface area contributed by atoms with Gasteiger partial charge in [0, 0.05) is 21.2 Å². The number of nitrogens with zero attached hydrogens (tertiary/aromatic N) is 4. The van der Waals surface area contributed by atoms with Gasteiger partial charge in [-0.15, -0.1) is 0 Å². The Balaban J connectivity index is 1.93. The molecule has 1 aromatic heterocycles. The number of ether oxygens (including phenoxy) is 2. The molecular weight excluding hydrogens is 288 g/mol. The van der Waals surface area contributed by atoms with Crippen molar-refractivity contribution in [3.8, 4) is 5.75 Å². The summed E-state index contributed by atoms with van der Waals surface area (Å²) in [7, 11) is 0. The van der Waals surface area contributed by atoms with Crippen LogP contribution in [0.4, 0.5) is 5.95 Å². The summed E-state index contributed by atoms with van der Waals surface area (Å²) in [5.41, 5.74) is 1.61. The minimum atomic E-state index is -0.645. The summed E-state index contributed by atoms with van der Waals surface area (Å²) in [4.78, 5) is 13.5. The highest BCUT2D eigenvalue weighted by molar-refractivity contribution is 6.30. The van der Waals surface area contributed by atoms with E-state index >= 15 is 0 Å². The molecule has 0 spiro atoms. The topological polar surface area (TPSA) is 92.3 Å². The second-order valence-corrected chi connectivity index (χ2v) is 4.60. The van der Waals surface area contributed by atoms with Crippen LogP contribution in [0.25, 0.3) is 0 Å². The smallest absolute Gasteiger partial charge is 0.467 e. The Labute approximate surface area is 118 Å². The monoisotopic (exact) mass is 296 g/mol. The lowest BCUT2D eigenvalue weighted by Gasteiger charge is -2.20. The first-order valence-electron chi connectivity index (χ1n) is 5.69. The number of benzene rings is 1. The molecule has 0 unspecified atom stereocenters. The van der Waals surface area contributed by atoms with E-state index in [1.807, 2.05) is 0 Å². The van der Waals surface area contributed by atoms with Crippen LogP contribution >= 0.6 is 11.6 Å². The maximum absolute atomic E-state index is 10.6. The first-order chi connectivity index (χ1) is 9.63. The van der Waals surface area contributed by atoms with Crippen LogP contribution in [-0.2, 0) is 17.9 Å². The third-order valence-electron chi connectivity index (χ3n) is 2.77. The number of fused-ring (bicyclic) bond motifs is 1. The quantitative estimate of drug-likeness (QED) is 0.633. The molecule has 0 N–H and O–H groups in total. The maximum atomic E-state index is 10.6. The van der Waals surface area contributed by atoms with Gasteiger partial charge in [-0.3, -0.25) is 0 Å². The molecule has 1 aliphatic heterocycles. The van der Waals surface area contributed by atoms with Gasteiger partial charge in [0.15, 0.2) is 6.79 Å². The number of nitro groups is 1. The Morgan fingerprint density at radius 1 is 1.50 bits per heavy atom. The van der Waals surface area contributed by atoms with Gasteiger partial charge in [0.25, 0.3) is 0 Å². The standard InChI is InChI=1S/C11H9ClN4O4/c12-9-1-7(10-8(2-9)4-19-6-20-10)3-15-5-13-11(14-15)16(17)18/h1-2,5H,3-4,6H2.